The molecule has 0 N–H and O–H groups in total. The summed E-state index contributed by atoms with van der Waals surface area (Å²) in [7, 11) is 1.93. The lowest BCUT2D eigenvalue weighted by atomic mass is 10.2. The van der Waals surface area contributed by atoms with Crippen LogP contribution in [0.5, 0.6) is 0 Å². The molecule has 0 amide bonds. The molecule has 1 heterocycles. The first kappa shape index (κ1) is 11.6. The normalized spacial score (nSPS) is 10.8. The fourth-order valence-electron chi connectivity index (χ4n) is 2.01. The number of hydrogen-bond acceptors (Lipinski definition) is 3. The van der Waals surface area contributed by atoms with E-state index in [4.69, 9.17) is 4.74 Å². The number of nitrogens with zero attached hydrogens (tertiary/aromatic N) is 2. The van der Waals surface area contributed by atoms with Crippen molar-refractivity contribution < 1.29 is 9.53 Å². The van der Waals surface area contributed by atoms with Crippen LogP contribution < -0.4 is 0 Å². The van der Waals surface area contributed by atoms with Crippen molar-refractivity contribution in [1.82, 2.24) is 9.55 Å². The number of ether oxygens (including phenoxy) is 1. The summed E-state index contributed by atoms with van der Waals surface area (Å²) in [6.07, 6.45) is 0.221. The van der Waals surface area contributed by atoms with E-state index in [9.17, 15) is 4.79 Å². The number of rotatable bonds is 3. The largest absolute Gasteiger partial charge is 0.466 e. The van der Waals surface area contributed by atoms with Gasteiger partial charge >= 0.3 is 5.97 Å². The highest BCUT2D eigenvalue weighted by Crippen LogP contribution is 2.19. The number of aromatic nitrogens is 2. The number of aryl methyl sites for hydroxylation is 2. The zero-order chi connectivity index (χ0) is 12.4. The van der Waals surface area contributed by atoms with Gasteiger partial charge in [-0.1, -0.05) is 12.1 Å². The van der Waals surface area contributed by atoms with Crippen molar-refractivity contribution in [2.24, 2.45) is 7.05 Å². The molecule has 4 heteroatoms. The van der Waals surface area contributed by atoms with Crippen molar-refractivity contribution in [1.29, 1.82) is 0 Å². The molecule has 17 heavy (non-hydrogen) atoms. The monoisotopic (exact) mass is 232 g/mol. The number of imidazole rings is 1. The van der Waals surface area contributed by atoms with Gasteiger partial charge in [-0.2, -0.15) is 0 Å². The third kappa shape index (κ3) is 2.16. The Morgan fingerprint density at radius 3 is 2.88 bits per heavy atom. The van der Waals surface area contributed by atoms with Crippen LogP contribution in [0.25, 0.3) is 11.0 Å². The summed E-state index contributed by atoms with van der Waals surface area (Å²) in [6.45, 7) is 4.25. The average molecular weight is 232 g/mol. The van der Waals surface area contributed by atoms with E-state index in [1.165, 1.54) is 0 Å². The predicted octanol–water partition coefficient (Wildman–Crippen LogP) is 1.99. The molecule has 0 spiro atoms. The lowest BCUT2D eigenvalue weighted by Crippen LogP contribution is -2.11. The molecule has 4 nitrogen and oxygen atoms in total. The predicted molar refractivity (Wildman–Crippen MR) is 65.8 cm³/mol. The second kappa shape index (κ2) is 4.57. The van der Waals surface area contributed by atoms with Crippen LogP contribution in [0.2, 0.25) is 0 Å². The molecule has 0 aliphatic carbocycles. The summed E-state index contributed by atoms with van der Waals surface area (Å²) in [5.74, 6) is 0.510. The number of benzene rings is 1. The molecule has 1 aromatic heterocycles. The number of carbonyl (C=O) groups excluding carboxylic acids is 1. The molecule has 0 saturated heterocycles. The Morgan fingerprint density at radius 2 is 2.24 bits per heavy atom. The van der Waals surface area contributed by atoms with Crippen LogP contribution in [-0.2, 0) is 23.0 Å². The minimum Gasteiger partial charge on any atom is -0.466 e. The van der Waals surface area contributed by atoms with Gasteiger partial charge in [-0.3, -0.25) is 4.79 Å². The molecular formula is C13H16N2O2. The maximum atomic E-state index is 11.5. The first-order valence-corrected chi connectivity index (χ1v) is 5.70. The lowest BCUT2D eigenvalue weighted by Gasteiger charge is -2.03. The van der Waals surface area contributed by atoms with Gasteiger partial charge in [-0.05, 0) is 25.5 Å². The van der Waals surface area contributed by atoms with Crippen LogP contribution >= 0.6 is 0 Å². The van der Waals surface area contributed by atoms with Gasteiger partial charge < -0.3 is 9.30 Å². The van der Waals surface area contributed by atoms with Crippen molar-refractivity contribution >= 4 is 17.0 Å². The second-order valence-corrected chi connectivity index (χ2v) is 4.01. The van der Waals surface area contributed by atoms with Crippen LogP contribution in [0.1, 0.15) is 18.3 Å². The van der Waals surface area contributed by atoms with Gasteiger partial charge in [0.1, 0.15) is 12.2 Å². The molecule has 2 rings (SSSR count). The molecule has 0 aliphatic heterocycles. The van der Waals surface area contributed by atoms with Crippen LogP contribution in [0, 0.1) is 6.92 Å². The maximum absolute atomic E-state index is 11.5. The van der Waals surface area contributed by atoms with E-state index in [1.807, 2.05) is 36.7 Å². The first-order chi connectivity index (χ1) is 8.13. The summed E-state index contributed by atoms with van der Waals surface area (Å²) in [5, 5.41) is 0. The average Bonchev–Trinajstić information content (AvgIpc) is 2.57. The van der Waals surface area contributed by atoms with Crippen LogP contribution in [0.4, 0.5) is 0 Å². The van der Waals surface area contributed by atoms with Gasteiger partial charge in [0.25, 0.3) is 0 Å². The Kier molecular flexibility index (Phi) is 3.13. The fourth-order valence-corrected chi connectivity index (χ4v) is 2.01. The molecule has 2 aromatic rings. The molecule has 0 aliphatic rings. The Labute approximate surface area is 100 Å². The Hall–Kier alpha value is -1.84. The molecule has 0 unspecified atom stereocenters. The standard InChI is InChI=1S/C13H16N2O2/c1-4-17-12(16)8-11-14-10-7-5-6-9(2)13(10)15(11)3/h5-7H,4,8H2,1-3H3. The first-order valence-electron chi connectivity index (χ1n) is 5.70. The lowest BCUT2D eigenvalue weighted by molar-refractivity contribution is -0.142. The second-order valence-electron chi connectivity index (χ2n) is 4.01. The van der Waals surface area contributed by atoms with Crippen molar-refractivity contribution in [3.63, 3.8) is 0 Å². The van der Waals surface area contributed by atoms with E-state index in [0.717, 1.165) is 22.4 Å². The molecular weight excluding hydrogens is 216 g/mol. The minimum atomic E-state index is -0.233. The van der Waals surface area contributed by atoms with E-state index in [0.29, 0.717) is 6.61 Å². The van der Waals surface area contributed by atoms with Gasteiger partial charge in [0.15, 0.2) is 0 Å². The number of para-hydroxylation sites is 1. The zero-order valence-corrected chi connectivity index (χ0v) is 10.4. The van der Waals surface area contributed by atoms with Crippen molar-refractivity contribution in [3.8, 4) is 0 Å². The van der Waals surface area contributed by atoms with Crippen LogP contribution in [0.15, 0.2) is 18.2 Å². The van der Waals surface area contributed by atoms with E-state index in [1.54, 1.807) is 6.92 Å². The van der Waals surface area contributed by atoms with E-state index in [2.05, 4.69) is 4.98 Å². The smallest absolute Gasteiger partial charge is 0.313 e. The quantitative estimate of drug-likeness (QED) is 0.760. The third-order valence-corrected chi connectivity index (χ3v) is 2.80. The third-order valence-electron chi connectivity index (χ3n) is 2.80. The van der Waals surface area contributed by atoms with Gasteiger partial charge in [-0.25, -0.2) is 4.98 Å². The van der Waals surface area contributed by atoms with E-state index < -0.39 is 0 Å². The topological polar surface area (TPSA) is 44.1 Å². The molecule has 0 saturated carbocycles. The Morgan fingerprint density at radius 1 is 1.47 bits per heavy atom. The fraction of sp³-hybridized carbons (Fsp3) is 0.385. The van der Waals surface area contributed by atoms with E-state index in [-0.39, 0.29) is 12.4 Å². The van der Waals surface area contributed by atoms with Gasteiger partial charge in [0, 0.05) is 7.05 Å². The molecule has 0 radical (unpaired) electrons. The summed E-state index contributed by atoms with van der Waals surface area (Å²) in [6, 6.07) is 5.97. The number of fused-ring (bicyclic) bond motifs is 1. The molecule has 1 aromatic carbocycles. The molecule has 90 valence electrons. The molecule has 0 atom stereocenters. The zero-order valence-electron chi connectivity index (χ0n) is 10.4. The highest BCUT2D eigenvalue weighted by molar-refractivity contribution is 5.81. The molecule has 0 bridgehead atoms. The maximum Gasteiger partial charge on any atom is 0.313 e. The van der Waals surface area contributed by atoms with Crippen LogP contribution in [-0.4, -0.2) is 22.1 Å². The van der Waals surface area contributed by atoms with E-state index >= 15 is 0 Å². The van der Waals surface area contributed by atoms with Crippen LogP contribution in [0.3, 0.4) is 0 Å². The summed E-state index contributed by atoms with van der Waals surface area (Å²) >= 11 is 0. The number of esters is 1. The Balaban J connectivity index is 2.39. The van der Waals surface area contributed by atoms with Crippen molar-refractivity contribution in [3.05, 3.63) is 29.6 Å². The SMILES string of the molecule is CCOC(=O)Cc1nc2cccc(C)c2n1C. The molecule has 0 fully saturated rings. The summed E-state index contributed by atoms with van der Waals surface area (Å²) in [4.78, 5) is 15.9. The van der Waals surface area contributed by atoms with Crippen molar-refractivity contribution in [2.75, 3.05) is 6.61 Å². The minimum absolute atomic E-state index is 0.221. The van der Waals surface area contributed by atoms with Gasteiger partial charge in [0.05, 0.1) is 17.6 Å². The summed E-state index contributed by atoms with van der Waals surface area (Å²) in [5.41, 5.74) is 3.16. The van der Waals surface area contributed by atoms with Crippen molar-refractivity contribution in [2.45, 2.75) is 20.3 Å². The van der Waals surface area contributed by atoms with Gasteiger partial charge in [0.2, 0.25) is 0 Å². The van der Waals surface area contributed by atoms with Gasteiger partial charge in [-0.15, -0.1) is 0 Å². The Bertz CT molecular complexity index is 558. The number of hydrogen-bond donors (Lipinski definition) is 0. The highest BCUT2D eigenvalue weighted by Gasteiger charge is 2.13. The highest BCUT2D eigenvalue weighted by atomic mass is 16.5. The number of carbonyl (C=O) groups is 1. The summed E-state index contributed by atoms with van der Waals surface area (Å²) < 4.78 is 6.89.